The summed E-state index contributed by atoms with van der Waals surface area (Å²) in [7, 11) is -18.8. The molecule has 0 saturated heterocycles. The van der Waals surface area contributed by atoms with Crippen LogP contribution >= 0.6 is 30.4 Å². The summed E-state index contributed by atoms with van der Waals surface area (Å²) in [5.74, 6) is 0. The standard InChI is InChI=1S/C6H20N2O12P4.Ca.Na/c9-21(10,11)3-7(4-22(12,13)14)1-2-8(5-23(15,16)17)6-24(18,19)20;;/h1-6H2,(H2,9,10,11)(H2,12,13,14)(H2,15,16,17)(H2,18,19,20);;/q;+2;+1. The van der Waals surface area contributed by atoms with Crippen molar-refractivity contribution in [3.8, 4) is 0 Å². The van der Waals surface area contributed by atoms with E-state index in [2.05, 4.69) is 0 Å². The molecule has 0 heterocycles. The summed E-state index contributed by atoms with van der Waals surface area (Å²) >= 11 is 0. The first-order valence-corrected chi connectivity index (χ1v) is 13.2. The van der Waals surface area contributed by atoms with E-state index < -0.39 is 68.6 Å². The van der Waals surface area contributed by atoms with Gasteiger partial charge in [-0.15, -0.1) is 0 Å². The SMILES string of the molecule is O=P(O)(O)CN(CCN(CP(=O)(O)O)CP(=O)(O)O)CP(=O)(O)O.[Ca+2].[Na+]. The van der Waals surface area contributed by atoms with Crippen LogP contribution in [0.1, 0.15) is 0 Å². The largest absolute Gasteiger partial charge is 2.00 e. The van der Waals surface area contributed by atoms with E-state index in [9.17, 15) is 18.3 Å². The number of rotatable bonds is 11. The summed E-state index contributed by atoms with van der Waals surface area (Å²) < 4.78 is 43.9. The van der Waals surface area contributed by atoms with E-state index in [4.69, 9.17) is 39.1 Å². The third-order valence-corrected chi connectivity index (χ3v) is 5.34. The Kier molecular flexibility index (Phi) is 17.0. The minimum absolute atomic E-state index is 0. The second kappa shape index (κ2) is 13.2. The molecule has 20 heteroatoms. The average Bonchev–Trinajstić information content (AvgIpc) is 2.16. The summed E-state index contributed by atoms with van der Waals surface area (Å²) in [6.07, 6.45) is -4.18. The Morgan fingerprint density at radius 2 is 0.654 bits per heavy atom. The van der Waals surface area contributed by atoms with Gasteiger partial charge in [0, 0.05) is 13.1 Å². The molecule has 0 aliphatic rings. The monoisotopic (exact) mass is 499 g/mol. The van der Waals surface area contributed by atoms with Crippen LogP contribution < -0.4 is 29.6 Å². The molecule has 0 aliphatic heterocycles. The topological polar surface area (TPSA) is 237 Å². The number of nitrogens with zero attached hydrogens (tertiary/aromatic N) is 2. The van der Waals surface area contributed by atoms with Gasteiger partial charge in [0.2, 0.25) is 0 Å². The summed E-state index contributed by atoms with van der Waals surface area (Å²) in [5.41, 5.74) is 0. The Bertz CT molecular complexity index is 499. The third-order valence-electron chi connectivity index (χ3n) is 2.27. The molecule has 0 amide bonds. The van der Waals surface area contributed by atoms with Crippen LogP contribution in [0.25, 0.3) is 0 Å². The predicted molar refractivity (Wildman–Crippen MR) is 86.8 cm³/mol. The van der Waals surface area contributed by atoms with Gasteiger partial charge in [-0.05, 0) is 0 Å². The van der Waals surface area contributed by atoms with Gasteiger partial charge in [-0.1, -0.05) is 0 Å². The van der Waals surface area contributed by atoms with Crippen LogP contribution in [0.15, 0.2) is 0 Å². The zero-order valence-corrected chi connectivity index (χ0v) is 21.6. The molecule has 146 valence electrons. The summed E-state index contributed by atoms with van der Waals surface area (Å²) in [4.78, 5) is 72.3. The van der Waals surface area contributed by atoms with Gasteiger partial charge >= 0.3 is 97.7 Å². The molecule has 0 aromatic carbocycles. The van der Waals surface area contributed by atoms with Gasteiger partial charge in [0.15, 0.2) is 0 Å². The van der Waals surface area contributed by atoms with E-state index >= 15 is 0 Å². The first kappa shape index (κ1) is 33.4. The van der Waals surface area contributed by atoms with Crippen molar-refractivity contribution in [2.75, 3.05) is 38.2 Å². The smallest absolute Gasteiger partial charge is 0.324 e. The van der Waals surface area contributed by atoms with Gasteiger partial charge < -0.3 is 39.1 Å². The Labute approximate surface area is 201 Å². The Balaban J connectivity index is -0.00000264. The third kappa shape index (κ3) is 23.1. The zero-order valence-electron chi connectivity index (χ0n) is 13.8. The van der Waals surface area contributed by atoms with Crippen molar-refractivity contribution in [1.29, 1.82) is 0 Å². The fourth-order valence-electron chi connectivity index (χ4n) is 1.70. The Hall–Kier alpha value is 2.78. The molecule has 0 bridgehead atoms. The predicted octanol–water partition coefficient (Wildman–Crippen LogP) is -5.25. The van der Waals surface area contributed by atoms with Crippen molar-refractivity contribution < 1.29 is 87.0 Å². The van der Waals surface area contributed by atoms with Gasteiger partial charge in [0.1, 0.15) is 25.1 Å². The maximum absolute atomic E-state index is 11.0. The molecule has 0 aromatic heterocycles. The van der Waals surface area contributed by atoms with Crippen molar-refractivity contribution in [1.82, 2.24) is 9.80 Å². The fourth-order valence-corrected chi connectivity index (χ4v) is 5.06. The van der Waals surface area contributed by atoms with Crippen molar-refractivity contribution >= 4 is 68.1 Å². The van der Waals surface area contributed by atoms with Crippen molar-refractivity contribution in [3.05, 3.63) is 0 Å². The first-order chi connectivity index (χ1) is 10.4. The molecule has 0 radical (unpaired) electrons. The van der Waals surface area contributed by atoms with E-state index in [1.54, 1.807) is 0 Å². The van der Waals surface area contributed by atoms with Gasteiger partial charge in [-0.25, -0.2) is 0 Å². The van der Waals surface area contributed by atoms with Gasteiger partial charge in [0.05, 0.1) is 0 Å². The van der Waals surface area contributed by atoms with E-state index in [1.807, 2.05) is 0 Å². The van der Waals surface area contributed by atoms with Crippen LogP contribution in [0, 0.1) is 0 Å². The van der Waals surface area contributed by atoms with Gasteiger partial charge in [-0.2, -0.15) is 0 Å². The Morgan fingerprint density at radius 3 is 0.769 bits per heavy atom. The molecule has 26 heavy (non-hydrogen) atoms. The molecule has 0 unspecified atom stereocenters. The Morgan fingerprint density at radius 1 is 0.500 bits per heavy atom. The minimum atomic E-state index is -4.69. The maximum atomic E-state index is 11.0. The second-order valence-electron chi connectivity index (χ2n) is 5.01. The normalized spacial score (nSPS) is 13.5. The number of hydrogen-bond donors (Lipinski definition) is 8. The molecule has 0 atom stereocenters. The second-order valence-corrected chi connectivity index (χ2v) is 11.5. The van der Waals surface area contributed by atoms with Crippen LogP contribution in [-0.2, 0) is 18.3 Å². The van der Waals surface area contributed by atoms with Crippen molar-refractivity contribution in [3.63, 3.8) is 0 Å². The molecular formula is C6H20CaN2NaO12P4+3. The molecule has 0 aliphatic carbocycles. The van der Waals surface area contributed by atoms with Gasteiger partial charge in [-0.3, -0.25) is 28.1 Å². The number of hydrogen-bond acceptors (Lipinski definition) is 6. The quantitative estimate of drug-likeness (QED) is 0.0980. The fraction of sp³-hybridized carbons (Fsp3) is 1.00. The maximum Gasteiger partial charge on any atom is 2.00 e. The van der Waals surface area contributed by atoms with E-state index in [0.29, 0.717) is 9.80 Å². The average molecular weight is 499 g/mol. The van der Waals surface area contributed by atoms with Gasteiger partial charge in [0.25, 0.3) is 0 Å². The zero-order chi connectivity index (χ0) is 19.4. The minimum Gasteiger partial charge on any atom is -0.324 e. The summed E-state index contributed by atoms with van der Waals surface area (Å²) in [5, 5.41) is 0. The van der Waals surface area contributed by atoms with E-state index in [0.717, 1.165) is 0 Å². The van der Waals surface area contributed by atoms with E-state index in [-0.39, 0.29) is 67.3 Å². The molecule has 0 aromatic rings. The van der Waals surface area contributed by atoms with Crippen LogP contribution in [0.5, 0.6) is 0 Å². The van der Waals surface area contributed by atoms with Crippen molar-refractivity contribution in [2.45, 2.75) is 0 Å². The molecule has 0 fully saturated rings. The van der Waals surface area contributed by atoms with Crippen LogP contribution in [0.3, 0.4) is 0 Å². The first-order valence-electron chi connectivity index (χ1n) is 5.99. The summed E-state index contributed by atoms with van der Waals surface area (Å²) in [6.45, 7) is -1.01. The molecule has 14 nitrogen and oxygen atoms in total. The molecule has 0 rings (SSSR count). The van der Waals surface area contributed by atoms with Crippen LogP contribution in [-0.4, -0.2) is 125 Å². The van der Waals surface area contributed by atoms with E-state index in [1.165, 1.54) is 0 Å². The van der Waals surface area contributed by atoms with Crippen LogP contribution in [0.4, 0.5) is 0 Å². The summed E-state index contributed by atoms with van der Waals surface area (Å²) in [6, 6.07) is 0. The molecule has 8 N–H and O–H groups in total. The molecule has 0 saturated carbocycles. The molecular weight excluding hydrogens is 479 g/mol. The van der Waals surface area contributed by atoms with Crippen LogP contribution in [0.2, 0.25) is 0 Å². The molecule has 0 spiro atoms. The van der Waals surface area contributed by atoms with Crippen molar-refractivity contribution in [2.24, 2.45) is 0 Å².